The van der Waals surface area contributed by atoms with Gasteiger partial charge in [0.1, 0.15) is 5.75 Å². The molecule has 1 atom stereocenters. The van der Waals surface area contributed by atoms with Gasteiger partial charge in [-0.15, -0.1) is 4.40 Å². The first-order valence-electron chi connectivity index (χ1n) is 11.1. The number of hydrogen-bond acceptors (Lipinski definition) is 8. The molecular formula is C24H27N5O4S. The fourth-order valence-electron chi connectivity index (χ4n) is 4.60. The molecule has 0 aliphatic carbocycles. The molecule has 1 saturated heterocycles. The fraction of sp³-hybridized carbons (Fsp3) is 0.292. The van der Waals surface area contributed by atoms with Gasteiger partial charge >= 0.3 is 0 Å². The minimum Gasteiger partial charge on any atom is -0.492 e. The lowest BCUT2D eigenvalue weighted by molar-refractivity contribution is 0.0635. The Bertz CT molecular complexity index is 1300. The quantitative estimate of drug-likeness (QED) is 0.439. The standard InChI is InChI=1S/C24H27N5O4S/c1-15-12-18(17-7-2-3-8-19(17)26-15)24(30)29-11-5-6-16(13-29)14-33-21-10-4-9-20-22(21)23(25)28-34(31,32)27-20/h2-4,7-10,12,16,27,31-32H,5-6,11,13-14H2,1H3,(H2,25,28)/t16-/m0/s1. The normalized spacial score (nSPS) is 20.1. The molecule has 0 unspecified atom stereocenters. The number of anilines is 1. The fourth-order valence-corrected chi connectivity index (χ4v) is 5.48. The Morgan fingerprint density at radius 3 is 2.94 bits per heavy atom. The first kappa shape index (κ1) is 22.5. The Morgan fingerprint density at radius 2 is 2.09 bits per heavy atom. The van der Waals surface area contributed by atoms with Crippen LogP contribution in [0.3, 0.4) is 0 Å². The predicted molar refractivity (Wildman–Crippen MR) is 134 cm³/mol. The van der Waals surface area contributed by atoms with Gasteiger partial charge in [-0.25, -0.2) is 0 Å². The van der Waals surface area contributed by atoms with E-state index in [0.717, 1.165) is 29.4 Å². The zero-order chi connectivity index (χ0) is 23.9. The van der Waals surface area contributed by atoms with Gasteiger partial charge in [0.15, 0.2) is 5.84 Å². The Hall–Kier alpha value is -3.34. The molecule has 178 valence electrons. The summed E-state index contributed by atoms with van der Waals surface area (Å²) in [6.45, 7) is 3.60. The number of carbonyl (C=O) groups excluding carboxylic acids is 1. The number of nitrogens with zero attached hydrogens (tertiary/aromatic N) is 3. The number of amides is 1. The van der Waals surface area contributed by atoms with Crippen molar-refractivity contribution in [2.24, 2.45) is 16.0 Å². The number of aromatic nitrogens is 1. The van der Waals surface area contributed by atoms with Gasteiger partial charge in [-0.3, -0.25) is 23.6 Å². The van der Waals surface area contributed by atoms with E-state index in [-0.39, 0.29) is 17.7 Å². The number of carbonyl (C=O) groups is 1. The number of ether oxygens (including phenoxy) is 1. The van der Waals surface area contributed by atoms with Crippen molar-refractivity contribution in [2.45, 2.75) is 19.8 Å². The van der Waals surface area contributed by atoms with Crippen molar-refractivity contribution in [3.63, 3.8) is 0 Å². The highest BCUT2D eigenvalue weighted by Crippen LogP contribution is 2.46. The molecule has 10 heteroatoms. The summed E-state index contributed by atoms with van der Waals surface area (Å²) in [6, 6.07) is 14.8. The number of para-hydroxylation sites is 1. The molecule has 2 aromatic carbocycles. The van der Waals surface area contributed by atoms with E-state index >= 15 is 0 Å². The van der Waals surface area contributed by atoms with Crippen LogP contribution in [0.2, 0.25) is 0 Å². The maximum Gasteiger partial charge on any atom is 0.254 e. The zero-order valence-corrected chi connectivity index (χ0v) is 19.6. The molecule has 0 saturated carbocycles. The van der Waals surface area contributed by atoms with E-state index in [4.69, 9.17) is 10.5 Å². The van der Waals surface area contributed by atoms with Gasteiger partial charge in [0.05, 0.1) is 28.9 Å². The molecule has 0 radical (unpaired) electrons. The monoisotopic (exact) mass is 481 g/mol. The van der Waals surface area contributed by atoms with E-state index in [9.17, 15) is 13.9 Å². The maximum absolute atomic E-state index is 13.5. The molecule has 0 spiro atoms. The average Bonchev–Trinajstić information content (AvgIpc) is 2.81. The average molecular weight is 482 g/mol. The van der Waals surface area contributed by atoms with Crippen molar-refractivity contribution in [2.75, 3.05) is 24.4 Å². The van der Waals surface area contributed by atoms with Crippen LogP contribution in [0.1, 0.15) is 34.5 Å². The van der Waals surface area contributed by atoms with Crippen molar-refractivity contribution in [3.05, 3.63) is 65.4 Å². The molecule has 1 fully saturated rings. The smallest absolute Gasteiger partial charge is 0.254 e. The van der Waals surface area contributed by atoms with E-state index < -0.39 is 11.0 Å². The van der Waals surface area contributed by atoms with E-state index in [0.29, 0.717) is 42.3 Å². The summed E-state index contributed by atoms with van der Waals surface area (Å²) in [5.74, 6) is 0.692. The summed E-state index contributed by atoms with van der Waals surface area (Å²) in [5, 5.41) is 0.862. The van der Waals surface area contributed by atoms with Crippen LogP contribution in [0.15, 0.2) is 52.9 Å². The van der Waals surface area contributed by atoms with Crippen LogP contribution in [-0.2, 0) is 0 Å². The van der Waals surface area contributed by atoms with E-state index in [1.165, 1.54) is 0 Å². The second kappa shape index (κ2) is 8.79. The lowest BCUT2D eigenvalue weighted by Gasteiger charge is -2.35. The number of rotatable bonds is 4. The van der Waals surface area contributed by atoms with Crippen molar-refractivity contribution in [3.8, 4) is 5.75 Å². The second-order valence-corrected chi connectivity index (χ2v) is 10.1. The largest absolute Gasteiger partial charge is 0.492 e. The van der Waals surface area contributed by atoms with Crippen LogP contribution < -0.4 is 15.2 Å². The maximum atomic E-state index is 13.5. The van der Waals surface area contributed by atoms with Gasteiger partial charge in [-0.05, 0) is 55.0 Å². The third-order valence-electron chi connectivity index (χ3n) is 6.11. The highest BCUT2D eigenvalue weighted by atomic mass is 32.3. The molecule has 9 nitrogen and oxygen atoms in total. The van der Waals surface area contributed by atoms with E-state index in [1.807, 2.05) is 42.2 Å². The first-order chi connectivity index (χ1) is 16.3. The topological polar surface area (TPSA) is 133 Å². The van der Waals surface area contributed by atoms with Crippen molar-refractivity contribution >= 4 is 39.3 Å². The molecule has 2 aliphatic rings. The Labute approximate surface area is 199 Å². The molecule has 1 amide bonds. The van der Waals surface area contributed by atoms with Gasteiger partial charge < -0.3 is 15.4 Å². The van der Waals surface area contributed by atoms with Crippen molar-refractivity contribution in [1.82, 2.24) is 9.88 Å². The second-order valence-electron chi connectivity index (χ2n) is 8.67. The summed E-state index contributed by atoms with van der Waals surface area (Å²) in [5.41, 5.74) is 9.28. The van der Waals surface area contributed by atoms with Crippen molar-refractivity contribution in [1.29, 1.82) is 0 Å². The summed E-state index contributed by atoms with van der Waals surface area (Å²) in [7, 11) is -3.35. The molecule has 2 aliphatic heterocycles. The van der Waals surface area contributed by atoms with E-state index in [2.05, 4.69) is 14.1 Å². The van der Waals surface area contributed by atoms with Crippen LogP contribution in [-0.4, -0.2) is 50.4 Å². The third-order valence-corrected chi connectivity index (χ3v) is 7.06. The molecule has 0 bridgehead atoms. The SMILES string of the molecule is Cc1cc(C(=O)N2CCC[C@H](COc3cccc4c3C(N)=NS(O)(O)N4)C2)c2ccccc2n1. The number of nitrogens with two attached hydrogens (primary N) is 1. The minimum absolute atomic E-state index is 0.00859. The third kappa shape index (κ3) is 4.39. The Kier molecular flexibility index (Phi) is 5.80. The van der Waals surface area contributed by atoms with Crippen LogP contribution >= 0.6 is 11.0 Å². The number of hydrogen-bond donors (Lipinski definition) is 4. The summed E-state index contributed by atoms with van der Waals surface area (Å²) >= 11 is 0. The van der Waals surface area contributed by atoms with Crippen LogP contribution in [0.25, 0.3) is 10.9 Å². The number of nitrogens with one attached hydrogen (secondary N) is 1. The molecule has 5 N–H and O–H groups in total. The molecule has 3 aromatic rings. The highest BCUT2D eigenvalue weighted by molar-refractivity contribution is 8.24. The number of piperidine rings is 1. The molecule has 1 aromatic heterocycles. The van der Waals surface area contributed by atoms with Crippen LogP contribution in [0, 0.1) is 12.8 Å². The first-order valence-corrected chi connectivity index (χ1v) is 12.6. The summed E-state index contributed by atoms with van der Waals surface area (Å²) < 4.78 is 32.2. The van der Waals surface area contributed by atoms with Crippen LogP contribution in [0.5, 0.6) is 5.75 Å². The molecule has 34 heavy (non-hydrogen) atoms. The van der Waals surface area contributed by atoms with Gasteiger partial charge in [0, 0.05) is 30.1 Å². The summed E-state index contributed by atoms with van der Waals surface area (Å²) in [4.78, 5) is 19.9. The van der Waals surface area contributed by atoms with Crippen LogP contribution in [0.4, 0.5) is 5.69 Å². The van der Waals surface area contributed by atoms with Gasteiger partial charge in [-0.1, -0.05) is 24.3 Å². The lowest BCUT2D eigenvalue weighted by Crippen LogP contribution is -2.41. The van der Waals surface area contributed by atoms with Gasteiger partial charge in [0.25, 0.3) is 5.91 Å². The molecule has 5 rings (SSSR count). The zero-order valence-electron chi connectivity index (χ0n) is 18.8. The molecular weight excluding hydrogens is 454 g/mol. The number of fused-ring (bicyclic) bond motifs is 2. The number of pyridine rings is 1. The van der Waals surface area contributed by atoms with E-state index in [1.54, 1.807) is 18.2 Å². The highest BCUT2D eigenvalue weighted by Gasteiger charge is 2.28. The van der Waals surface area contributed by atoms with Gasteiger partial charge in [0.2, 0.25) is 0 Å². The van der Waals surface area contributed by atoms with Crippen molar-refractivity contribution < 1.29 is 18.6 Å². The minimum atomic E-state index is -3.35. The number of aryl methyl sites for hydroxylation is 1. The van der Waals surface area contributed by atoms with Gasteiger partial charge in [-0.2, -0.15) is 0 Å². The number of likely N-dealkylation sites (tertiary alicyclic amines) is 1. The predicted octanol–water partition coefficient (Wildman–Crippen LogP) is 4.19. The lowest BCUT2D eigenvalue weighted by atomic mass is 9.97. The summed E-state index contributed by atoms with van der Waals surface area (Å²) in [6.07, 6.45) is 1.83. The number of benzene rings is 2. The Balaban J connectivity index is 1.31. The molecule has 3 heterocycles. The number of amidine groups is 1. The Morgan fingerprint density at radius 1 is 1.26 bits per heavy atom.